The third kappa shape index (κ3) is 5.50. The molecule has 0 unspecified atom stereocenters. The number of hydrogen-bond acceptors (Lipinski definition) is 1. The number of carbonyl (C=O) groups is 1. The number of allylic oxidation sites excluding steroid dienone is 4. The zero-order valence-corrected chi connectivity index (χ0v) is 6.89. The number of alkyl halides is 1. The van der Waals surface area contributed by atoms with E-state index >= 15 is 0 Å². The minimum Gasteiger partial charge on any atom is -0.299 e. The van der Waals surface area contributed by atoms with Gasteiger partial charge in [0, 0.05) is 5.33 Å². The van der Waals surface area contributed by atoms with E-state index in [1.807, 2.05) is 19.1 Å². The van der Waals surface area contributed by atoms with Crippen molar-refractivity contribution in [2.24, 2.45) is 0 Å². The van der Waals surface area contributed by atoms with Gasteiger partial charge >= 0.3 is 0 Å². The van der Waals surface area contributed by atoms with Gasteiger partial charge in [0.15, 0.2) is 0 Å². The summed E-state index contributed by atoms with van der Waals surface area (Å²) in [6.07, 6.45) is 6.14. The van der Waals surface area contributed by atoms with E-state index in [0.29, 0.717) is 0 Å². The molecule has 2 heteroatoms. The Balaban J connectivity index is 3.74. The minimum absolute atomic E-state index is 0.786. The van der Waals surface area contributed by atoms with Crippen LogP contribution in [0.3, 0.4) is 0 Å². The molecule has 0 atom stereocenters. The fourth-order valence-electron chi connectivity index (χ4n) is 0.393. The van der Waals surface area contributed by atoms with Gasteiger partial charge in [0.05, 0.1) is 0 Å². The second-order valence-electron chi connectivity index (χ2n) is 1.60. The Morgan fingerprint density at radius 1 is 1.67 bits per heavy atom. The van der Waals surface area contributed by atoms with Crippen molar-refractivity contribution in [3.8, 4) is 0 Å². The van der Waals surface area contributed by atoms with E-state index in [1.165, 1.54) is 6.08 Å². The van der Waals surface area contributed by atoms with Crippen molar-refractivity contribution >= 4 is 22.2 Å². The predicted octanol–water partition coefficient (Wildman–Crippen LogP) is 2.08. The molecule has 0 aromatic heterocycles. The van der Waals surface area contributed by atoms with Crippen LogP contribution in [0.1, 0.15) is 6.92 Å². The van der Waals surface area contributed by atoms with E-state index in [2.05, 4.69) is 15.9 Å². The molecule has 0 aliphatic rings. The molecule has 0 N–H and O–H groups in total. The molecule has 50 valence electrons. The number of carbonyl (C=O) groups excluding carboxylic acids is 1. The lowest BCUT2D eigenvalue weighted by molar-refractivity contribution is -0.104. The minimum atomic E-state index is 0.786. The molecule has 9 heavy (non-hydrogen) atoms. The predicted molar refractivity (Wildman–Crippen MR) is 42.8 cm³/mol. The van der Waals surface area contributed by atoms with Crippen LogP contribution in [0, 0.1) is 0 Å². The molecule has 0 radical (unpaired) electrons. The first-order chi connectivity index (χ1) is 4.31. The summed E-state index contributed by atoms with van der Waals surface area (Å²) >= 11 is 3.23. The Kier molecular flexibility index (Phi) is 5.52. The van der Waals surface area contributed by atoms with Crippen molar-refractivity contribution in [3.05, 3.63) is 23.8 Å². The van der Waals surface area contributed by atoms with E-state index in [0.717, 1.165) is 17.2 Å². The van der Waals surface area contributed by atoms with Crippen LogP contribution in [0.15, 0.2) is 23.8 Å². The molecule has 0 aromatic carbocycles. The Hall–Kier alpha value is -0.370. The SMILES string of the molecule is CC(C=CCBr)=CC=O. The van der Waals surface area contributed by atoms with Crippen molar-refractivity contribution in [2.75, 3.05) is 5.33 Å². The van der Waals surface area contributed by atoms with E-state index in [-0.39, 0.29) is 0 Å². The molecule has 0 aromatic rings. The fourth-order valence-corrected chi connectivity index (χ4v) is 0.580. The highest BCUT2D eigenvalue weighted by atomic mass is 79.9. The van der Waals surface area contributed by atoms with Gasteiger partial charge in [0.1, 0.15) is 6.29 Å². The summed E-state index contributed by atoms with van der Waals surface area (Å²) in [5.74, 6) is 0. The maximum absolute atomic E-state index is 9.86. The van der Waals surface area contributed by atoms with Crippen molar-refractivity contribution in [2.45, 2.75) is 6.92 Å². The highest BCUT2D eigenvalue weighted by Crippen LogP contribution is 1.93. The van der Waals surface area contributed by atoms with Crippen LogP contribution in [-0.2, 0) is 4.79 Å². The quantitative estimate of drug-likeness (QED) is 0.287. The molecule has 1 nitrogen and oxygen atoms in total. The zero-order chi connectivity index (χ0) is 7.11. The van der Waals surface area contributed by atoms with Crippen LogP contribution < -0.4 is 0 Å². The maximum Gasteiger partial charge on any atom is 0.143 e. The van der Waals surface area contributed by atoms with Gasteiger partial charge in [-0.1, -0.05) is 28.1 Å². The molecule has 0 heterocycles. The average Bonchev–Trinajstić information content (AvgIpc) is 1.85. The summed E-state index contributed by atoms with van der Waals surface area (Å²) in [6, 6.07) is 0. The third-order valence-electron chi connectivity index (χ3n) is 0.801. The number of aldehydes is 1. The topological polar surface area (TPSA) is 17.1 Å². The molecule has 0 saturated carbocycles. The molecule has 0 aliphatic heterocycles. The van der Waals surface area contributed by atoms with Gasteiger partial charge in [-0.05, 0) is 18.6 Å². The van der Waals surface area contributed by atoms with Crippen LogP contribution in [0.25, 0.3) is 0 Å². The van der Waals surface area contributed by atoms with Gasteiger partial charge < -0.3 is 0 Å². The normalized spacial score (nSPS) is 12.4. The van der Waals surface area contributed by atoms with Gasteiger partial charge in [-0.15, -0.1) is 0 Å². The first-order valence-corrected chi connectivity index (χ1v) is 3.78. The van der Waals surface area contributed by atoms with E-state index in [1.54, 1.807) is 0 Å². The lowest BCUT2D eigenvalue weighted by atomic mass is 10.3. The molecule has 0 saturated heterocycles. The Labute approximate surface area is 63.6 Å². The summed E-state index contributed by atoms with van der Waals surface area (Å²) in [6.45, 7) is 1.88. The van der Waals surface area contributed by atoms with Crippen molar-refractivity contribution in [3.63, 3.8) is 0 Å². The van der Waals surface area contributed by atoms with Crippen molar-refractivity contribution in [1.29, 1.82) is 0 Å². The molecular weight excluding hydrogens is 180 g/mol. The van der Waals surface area contributed by atoms with Crippen molar-refractivity contribution < 1.29 is 4.79 Å². The second-order valence-corrected chi connectivity index (χ2v) is 2.25. The number of rotatable bonds is 3. The van der Waals surface area contributed by atoms with Crippen LogP contribution in [0.4, 0.5) is 0 Å². The van der Waals surface area contributed by atoms with E-state index in [4.69, 9.17) is 0 Å². The van der Waals surface area contributed by atoms with Gasteiger partial charge in [0.2, 0.25) is 0 Å². The van der Waals surface area contributed by atoms with Gasteiger partial charge in [-0.25, -0.2) is 0 Å². The third-order valence-corrected chi connectivity index (χ3v) is 1.17. The first kappa shape index (κ1) is 8.63. The second kappa shape index (κ2) is 5.76. The van der Waals surface area contributed by atoms with Gasteiger partial charge in [-0.2, -0.15) is 0 Å². The Morgan fingerprint density at radius 3 is 2.78 bits per heavy atom. The summed E-state index contributed by atoms with van der Waals surface area (Å²) < 4.78 is 0. The summed E-state index contributed by atoms with van der Waals surface area (Å²) in [5.41, 5.74) is 0.976. The number of hydrogen-bond donors (Lipinski definition) is 0. The Morgan fingerprint density at radius 2 is 2.33 bits per heavy atom. The van der Waals surface area contributed by atoms with Crippen LogP contribution >= 0.6 is 15.9 Å². The summed E-state index contributed by atoms with van der Waals surface area (Å²) in [7, 11) is 0. The molecule has 0 rings (SSSR count). The zero-order valence-electron chi connectivity index (χ0n) is 5.30. The molecular formula is C7H9BrO. The number of halogens is 1. The van der Waals surface area contributed by atoms with Gasteiger partial charge in [0.25, 0.3) is 0 Å². The molecule has 0 bridgehead atoms. The average molecular weight is 189 g/mol. The fraction of sp³-hybridized carbons (Fsp3) is 0.286. The van der Waals surface area contributed by atoms with E-state index < -0.39 is 0 Å². The van der Waals surface area contributed by atoms with Crippen molar-refractivity contribution in [1.82, 2.24) is 0 Å². The molecule has 0 aliphatic carbocycles. The first-order valence-electron chi connectivity index (χ1n) is 2.66. The maximum atomic E-state index is 9.86. The summed E-state index contributed by atoms with van der Waals surface area (Å²) in [4.78, 5) is 9.86. The standard InChI is InChI=1S/C7H9BrO/c1-7(4-6-9)3-2-5-8/h2-4,6H,5H2,1H3. The summed E-state index contributed by atoms with van der Waals surface area (Å²) in [5, 5.41) is 0.830. The molecule has 0 amide bonds. The van der Waals surface area contributed by atoms with E-state index in [9.17, 15) is 4.79 Å². The monoisotopic (exact) mass is 188 g/mol. The molecule has 0 spiro atoms. The Bertz CT molecular complexity index is 136. The van der Waals surface area contributed by atoms with Crippen LogP contribution in [-0.4, -0.2) is 11.6 Å². The highest BCUT2D eigenvalue weighted by Gasteiger charge is 1.76. The highest BCUT2D eigenvalue weighted by molar-refractivity contribution is 9.09. The smallest absolute Gasteiger partial charge is 0.143 e. The van der Waals surface area contributed by atoms with Crippen LogP contribution in [0.2, 0.25) is 0 Å². The lowest BCUT2D eigenvalue weighted by Gasteiger charge is -1.83. The lowest BCUT2D eigenvalue weighted by Crippen LogP contribution is -1.69. The molecule has 0 fully saturated rings. The van der Waals surface area contributed by atoms with Crippen LogP contribution in [0.5, 0.6) is 0 Å². The largest absolute Gasteiger partial charge is 0.299 e. The van der Waals surface area contributed by atoms with Gasteiger partial charge in [-0.3, -0.25) is 4.79 Å².